The first kappa shape index (κ1) is 17.5. The molecule has 3 heterocycles. The average molecular weight is 383 g/mol. The quantitative estimate of drug-likeness (QED) is 0.512. The van der Waals surface area contributed by atoms with Crippen LogP contribution in [0.5, 0.6) is 0 Å². The van der Waals surface area contributed by atoms with Gasteiger partial charge in [0.1, 0.15) is 10.7 Å². The molecule has 2 aromatic heterocycles. The Morgan fingerprint density at radius 2 is 2.30 bits per heavy atom. The topological polar surface area (TPSA) is 126 Å². The molecule has 1 fully saturated rings. The van der Waals surface area contributed by atoms with Crippen LogP contribution in [0.4, 0.5) is 17.1 Å². The summed E-state index contributed by atoms with van der Waals surface area (Å²) in [5.41, 5.74) is 15.5. The lowest BCUT2D eigenvalue weighted by atomic mass is 10.1. The van der Waals surface area contributed by atoms with Gasteiger partial charge in [-0.3, -0.25) is 9.89 Å². The molecule has 1 atom stereocenters. The number of thiazole rings is 1. The number of amides is 1. The second kappa shape index (κ2) is 7.37. The van der Waals surface area contributed by atoms with Crippen LogP contribution < -0.4 is 21.7 Å². The van der Waals surface area contributed by atoms with Crippen molar-refractivity contribution >= 4 is 34.3 Å². The summed E-state index contributed by atoms with van der Waals surface area (Å²) in [6, 6.07) is 5.68. The molecule has 0 spiro atoms. The Morgan fingerprint density at radius 3 is 3.07 bits per heavy atom. The van der Waals surface area contributed by atoms with E-state index in [2.05, 4.69) is 25.4 Å². The number of anilines is 3. The van der Waals surface area contributed by atoms with Crippen LogP contribution in [-0.4, -0.2) is 40.2 Å². The third-order valence-corrected chi connectivity index (χ3v) is 5.44. The second-order valence-corrected chi connectivity index (χ2v) is 7.46. The molecule has 0 unspecified atom stereocenters. The van der Waals surface area contributed by atoms with Gasteiger partial charge in [-0.15, -0.1) is 11.3 Å². The molecule has 0 radical (unpaired) electrons. The predicted molar refractivity (Wildman–Crippen MR) is 108 cm³/mol. The van der Waals surface area contributed by atoms with Crippen LogP contribution in [0.3, 0.4) is 0 Å². The minimum absolute atomic E-state index is 0.135. The van der Waals surface area contributed by atoms with Gasteiger partial charge in [0.05, 0.1) is 17.6 Å². The molecule has 1 amide bonds. The summed E-state index contributed by atoms with van der Waals surface area (Å²) in [4.78, 5) is 19.3. The number of nitrogens with two attached hydrogens (primary N) is 2. The molecule has 0 bridgehead atoms. The summed E-state index contributed by atoms with van der Waals surface area (Å²) in [5, 5.41) is 12.1. The van der Waals surface area contributed by atoms with Crippen molar-refractivity contribution in [1.29, 1.82) is 0 Å². The van der Waals surface area contributed by atoms with Crippen LogP contribution >= 0.6 is 11.3 Å². The zero-order valence-electron chi connectivity index (χ0n) is 14.7. The normalized spacial score (nSPS) is 17.1. The van der Waals surface area contributed by atoms with E-state index in [9.17, 15) is 4.79 Å². The van der Waals surface area contributed by atoms with Gasteiger partial charge in [-0.25, -0.2) is 4.98 Å². The number of piperidine rings is 1. The largest absolute Gasteiger partial charge is 0.399 e. The SMILES string of the molecule is Nc1ccc(N2CCC[C@@H](N)C2)c(NC(=O)c2csc(-c3cn[nH]c3)n2)c1. The number of aromatic amines is 1. The Bertz CT molecular complexity index is 937. The molecular formula is C18H21N7OS. The standard InChI is InChI=1S/C18H21N7OS/c19-12-3-4-16(25-5-1-2-13(20)9-25)14(6-12)23-17(26)15-10-27-18(24-15)11-7-21-22-8-11/h3-4,6-8,10,13H,1-2,5,9,19-20H2,(H,21,22)(H,23,26)/t13-/m1/s1. The van der Waals surface area contributed by atoms with Crippen LogP contribution in [0, 0.1) is 0 Å². The monoisotopic (exact) mass is 383 g/mol. The summed E-state index contributed by atoms with van der Waals surface area (Å²) in [6.45, 7) is 1.66. The molecule has 1 aromatic carbocycles. The summed E-state index contributed by atoms with van der Waals surface area (Å²) >= 11 is 1.40. The number of carbonyl (C=O) groups excluding carboxylic acids is 1. The fourth-order valence-corrected chi connectivity index (χ4v) is 4.00. The highest BCUT2D eigenvalue weighted by Crippen LogP contribution is 2.31. The zero-order chi connectivity index (χ0) is 18.8. The van der Waals surface area contributed by atoms with E-state index < -0.39 is 0 Å². The molecule has 1 saturated heterocycles. The lowest BCUT2D eigenvalue weighted by Crippen LogP contribution is -2.43. The van der Waals surface area contributed by atoms with E-state index >= 15 is 0 Å². The van der Waals surface area contributed by atoms with Gasteiger partial charge in [0.25, 0.3) is 5.91 Å². The van der Waals surface area contributed by atoms with Crippen molar-refractivity contribution in [3.05, 3.63) is 41.7 Å². The lowest BCUT2D eigenvalue weighted by Gasteiger charge is -2.34. The third kappa shape index (κ3) is 3.79. The first-order valence-electron chi connectivity index (χ1n) is 8.76. The summed E-state index contributed by atoms with van der Waals surface area (Å²) in [5.74, 6) is -0.269. The van der Waals surface area contributed by atoms with Gasteiger partial charge in [0.15, 0.2) is 0 Å². The van der Waals surface area contributed by atoms with Crippen molar-refractivity contribution in [3.8, 4) is 10.6 Å². The first-order chi connectivity index (χ1) is 13.1. The number of nitrogens with zero attached hydrogens (tertiary/aromatic N) is 3. The van der Waals surface area contributed by atoms with Gasteiger partial charge in [-0.1, -0.05) is 0 Å². The summed E-state index contributed by atoms with van der Waals surface area (Å²) in [7, 11) is 0. The number of hydrogen-bond donors (Lipinski definition) is 4. The highest BCUT2D eigenvalue weighted by Gasteiger charge is 2.21. The number of benzene rings is 1. The van der Waals surface area contributed by atoms with Crippen molar-refractivity contribution in [3.63, 3.8) is 0 Å². The highest BCUT2D eigenvalue weighted by molar-refractivity contribution is 7.13. The summed E-state index contributed by atoms with van der Waals surface area (Å²) < 4.78 is 0. The van der Waals surface area contributed by atoms with Gasteiger partial charge < -0.3 is 21.7 Å². The number of nitrogens with one attached hydrogen (secondary N) is 2. The van der Waals surface area contributed by atoms with Gasteiger partial charge >= 0.3 is 0 Å². The van der Waals surface area contributed by atoms with Crippen LogP contribution in [0.15, 0.2) is 36.0 Å². The highest BCUT2D eigenvalue weighted by atomic mass is 32.1. The maximum absolute atomic E-state index is 12.7. The number of carbonyl (C=O) groups is 1. The number of H-pyrrole nitrogens is 1. The fourth-order valence-electron chi connectivity index (χ4n) is 3.22. The van der Waals surface area contributed by atoms with E-state index in [-0.39, 0.29) is 11.9 Å². The van der Waals surface area contributed by atoms with E-state index in [1.807, 2.05) is 12.1 Å². The van der Waals surface area contributed by atoms with Gasteiger partial charge in [-0.2, -0.15) is 5.10 Å². The molecule has 140 valence electrons. The van der Waals surface area contributed by atoms with Gasteiger partial charge in [-0.05, 0) is 31.0 Å². The van der Waals surface area contributed by atoms with E-state index in [4.69, 9.17) is 11.5 Å². The van der Waals surface area contributed by atoms with Crippen molar-refractivity contribution in [1.82, 2.24) is 15.2 Å². The number of nitrogen functional groups attached to an aromatic ring is 1. The fraction of sp³-hybridized carbons (Fsp3) is 0.278. The predicted octanol–water partition coefficient (Wildman–Crippen LogP) is 2.30. The van der Waals surface area contributed by atoms with Crippen LogP contribution in [0.2, 0.25) is 0 Å². The zero-order valence-corrected chi connectivity index (χ0v) is 15.5. The van der Waals surface area contributed by atoms with Crippen LogP contribution in [0.25, 0.3) is 10.6 Å². The van der Waals surface area contributed by atoms with Crippen LogP contribution in [0.1, 0.15) is 23.3 Å². The molecule has 3 aromatic rings. The second-order valence-electron chi connectivity index (χ2n) is 6.60. The van der Waals surface area contributed by atoms with E-state index in [0.29, 0.717) is 17.1 Å². The lowest BCUT2D eigenvalue weighted by molar-refractivity contribution is 0.102. The van der Waals surface area contributed by atoms with Crippen LogP contribution in [-0.2, 0) is 0 Å². The van der Waals surface area contributed by atoms with Crippen molar-refractivity contribution in [2.45, 2.75) is 18.9 Å². The van der Waals surface area contributed by atoms with Gasteiger partial charge in [0, 0.05) is 42.0 Å². The third-order valence-electron chi connectivity index (χ3n) is 4.55. The van der Waals surface area contributed by atoms with Gasteiger partial charge in [0.2, 0.25) is 0 Å². The molecule has 27 heavy (non-hydrogen) atoms. The number of hydrogen-bond acceptors (Lipinski definition) is 7. The van der Waals surface area contributed by atoms with E-state index in [1.165, 1.54) is 11.3 Å². The Balaban J connectivity index is 1.56. The molecule has 0 aliphatic carbocycles. The Labute approximate surface area is 160 Å². The maximum atomic E-state index is 12.7. The van der Waals surface area contributed by atoms with Crippen molar-refractivity contribution in [2.24, 2.45) is 5.73 Å². The molecular weight excluding hydrogens is 362 g/mol. The minimum atomic E-state index is -0.269. The molecule has 0 saturated carbocycles. The minimum Gasteiger partial charge on any atom is -0.399 e. The van der Waals surface area contributed by atoms with Crippen molar-refractivity contribution < 1.29 is 4.79 Å². The average Bonchev–Trinajstić information content (AvgIpc) is 3.33. The number of aromatic nitrogens is 3. The summed E-state index contributed by atoms with van der Waals surface area (Å²) in [6.07, 6.45) is 5.47. The Morgan fingerprint density at radius 1 is 1.41 bits per heavy atom. The van der Waals surface area contributed by atoms with E-state index in [1.54, 1.807) is 23.8 Å². The van der Waals surface area contributed by atoms with E-state index in [0.717, 1.165) is 42.2 Å². The Kier molecular flexibility index (Phi) is 4.78. The molecule has 8 nitrogen and oxygen atoms in total. The molecule has 4 rings (SSSR count). The smallest absolute Gasteiger partial charge is 0.275 e. The molecule has 9 heteroatoms. The molecule has 1 aliphatic rings. The van der Waals surface area contributed by atoms with Crippen molar-refractivity contribution in [2.75, 3.05) is 29.0 Å². The Hall–Kier alpha value is -2.91. The number of rotatable bonds is 4. The first-order valence-corrected chi connectivity index (χ1v) is 9.64. The maximum Gasteiger partial charge on any atom is 0.275 e. The molecule has 1 aliphatic heterocycles. The molecule has 6 N–H and O–H groups in total.